The van der Waals surface area contributed by atoms with Gasteiger partial charge in [0.25, 0.3) is 0 Å². The van der Waals surface area contributed by atoms with Gasteiger partial charge < -0.3 is 0 Å². The fourth-order valence-corrected chi connectivity index (χ4v) is 12.8. The zero-order valence-corrected chi connectivity index (χ0v) is 27.6. The molecule has 4 aromatic rings. The molecule has 3 unspecified atom stereocenters. The molecule has 0 amide bonds. The molecule has 1 aliphatic heterocycles. The van der Waals surface area contributed by atoms with Crippen molar-refractivity contribution in [3.8, 4) is 11.1 Å². The monoisotopic (exact) mass is 602 g/mol. The average Bonchev–Trinajstić information content (AvgIpc) is 3.75. The SMILES string of the molecule is C1CC[SiH2]C1.CCC1=Cc2c(-c3ccccc3)cccc2C1[CH]([Zr][CH3])C1C(C)=Cc2c1ccc1ccccc21. The molecule has 196 valence electrons. The molecule has 2 aliphatic carbocycles. The number of fused-ring (bicyclic) bond motifs is 4. The molecular formula is C37H40SiZr. The standard InChI is InChI=1S/C32H27.C4H10Si.CH3.Zr/c1-3-22-19-32-26(23-10-5-4-6-11-23)14-9-15-27(32)30(22)20-29-21(2)18-31-25-13-8-7-12-24(25)16-17-28(29)31;1-2-4-5-3-1;;/h4-20,29-30H,3H2,1-2H3;1-5H2;1H3;. The fourth-order valence-electron chi connectivity index (χ4n) is 7.30. The van der Waals surface area contributed by atoms with E-state index in [1.807, 2.05) is 0 Å². The molecule has 0 nitrogen and oxygen atoms in total. The Morgan fingerprint density at radius 1 is 0.769 bits per heavy atom. The second-order valence-corrected chi connectivity index (χ2v) is 16.6. The van der Waals surface area contributed by atoms with Crippen LogP contribution in [0.25, 0.3) is 34.1 Å². The van der Waals surface area contributed by atoms with Gasteiger partial charge in [-0.2, -0.15) is 0 Å². The molecule has 0 radical (unpaired) electrons. The summed E-state index contributed by atoms with van der Waals surface area (Å²) in [6.07, 6.45) is 9.29. The first-order valence-corrected chi connectivity index (χ1v) is 20.8. The molecule has 4 aromatic carbocycles. The Morgan fingerprint density at radius 3 is 2.23 bits per heavy atom. The first-order chi connectivity index (χ1) is 19.2. The summed E-state index contributed by atoms with van der Waals surface area (Å²) in [7, 11) is 0.543. The molecule has 1 heterocycles. The van der Waals surface area contributed by atoms with Crippen LogP contribution in [0.15, 0.2) is 96.1 Å². The number of allylic oxidation sites excluding steroid dienone is 2. The van der Waals surface area contributed by atoms with Crippen LogP contribution in [0.1, 0.15) is 67.2 Å². The quantitative estimate of drug-likeness (QED) is 0.199. The van der Waals surface area contributed by atoms with Gasteiger partial charge in [-0.3, -0.25) is 0 Å². The predicted octanol–water partition coefficient (Wildman–Crippen LogP) is 10.3. The van der Waals surface area contributed by atoms with E-state index in [-0.39, 0.29) is 0 Å². The normalized spacial score (nSPS) is 20.0. The van der Waals surface area contributed by atoms with E-state index in [1.165, 1.54) is 33.0 Å². The molecule has 3 aliphatic rings. The Labute approximate surface area is 249 Å². The van der Waals surface area contributed by atoms with E-state index in [2.05, 4.69) is 116 Å². The van der Waals surface area contributed by atoms with E-state index in [0.717, 1.165) is 10.0 Å². The minimum absolute atomic E-state index is 0.543. The number of hydrogen-bond acceptors (Lipinski definition) is 0. The van der Waals surface area contributed by atoms with Gasteiger partial charge in [-0.25, -0.2) is 0 Å². The van der Waals surface area contributed by atoms with Gasteiger partial charge in [-0.15, -0.1) is 0 Å². The van der Waals surface area contributed by atoms with Crippen molar-refractivity contribution in [3.05, 3.63) is 118 Å². The molecule has 3 atom stereocenters. The molecule has 0 aromatic heterocycles. The Hall–Kier alpha value is -2.28. The topological polar surface area (TPSA) is 0 Å². The van der Waals surface area contributed by atoms with E-state index in [1.54, 1.807) is 47.2 Å². The Kier molecular flexibility index (Phi) is 8.33. The summed E-state index contributed by atoms with van der Waals surface area (Å²) < 4.78 is 3.29. The van der Waals surface area contributed by atoms with Crippen LogP contribution in [-0.4, -0.2) is 9.52 Å². The Bertz CT molecular complexity index is 1520. The van der Waals surface area contributed by atoms with Crippen molar-refractivity contribution in [1.29, 1.82) is 0 Å². The van der Waals surface area contributed by atoms with Gasteiger partial charge >= 0.3 is 216 Å². The molecular weight excluding hydrogens is 564 g/mol. The third-order valence-electron chi connectivity index (χ3n) is 9.20. The summed E-state index contributed by atoms with van der Waals surface area (Å²) in [6, 6.07) is 34.9. The van der Waals surface area contributed by atoms with Gasteiger partial charge in [-0.05, 0) is 0 Å². The zero-order chi connectivity index (χ0) is 26.8. The van der Waals surface area contributed by atoms with E-state index >= 15 is 0 Å². The van der Waals surface area contributed by atoms with Crippen LogP contribution >= 0.6 is 0 Å². The molecule has 1 saturated heterocycles. The summed E-state index contributed by atoms with van der Waals surface area (Å²) in [5.41, 5.74) is 12.0. The fraction of sp³-hybridized carbons (Fsp3) is 0.297. The van der Waals surface area contributed by atoms with Crippen molar-refractivity contribution < 1.29 is 23.2 Å². The van der Waals surface area contributed by atoms with E-state index in [0.29, 0.717) is 21.4 Å². The summed E-state index contributed by atoms with van der Waals surface area (Å²) in [4.78, 5) is 0. The summed E-state index contributed by atoms with van der Waals surface area (Å²) >= 11 is -0.617. The molecule has 2 heteroatoms. The molecule has 0 spiro atoms. The number of hydrogen-bond donors (Lipinski definition) is 0. The van der Waals surface area contributed by atoms with Crippen molar-refractivity contribution in [2.75, 3.05) is 0 Å². The van der Waals surface area contributed by atoms with Crippen LogP contribution in [0.3, 0.4) is 0 Å². The van der Waals surface area contributed by atoms with Crippen molar-refractivity contribution in [1.82, 2.24) is 0 Å². The van der Waals surface area contributed by atoms with Gasteiger partial charge in [0, 0.05) is 9.52 Å². The van der Waals surface area contributed by atoms with Gasteiger partial charge in [0.2, 0.25) is 0 Å². The molecule has 0 saturated carbocycles. The van der Waals surface area contributed by atoms with E-state index in [9.17, 15) is 0 Å². The minimum atomic E-state index is -0.617. The maximum atomic E-state index is 2.56. The van der Waals surface area contributed by atoms with Crippen LogP contribution in [-0.2, 0) is 23.2 Å². The first-order valence-electron chi connectivity index (χ1n) is 15.0. The molecule has 7 rings (SSSR count). The molecule has 39 heavy (non-hydrogen) atoms. The van der Waals surface area contributed by atoms with Crippen LogP contribution in [0, 0.1) is 0 Å². The third-order valence-corrected chi connectivity index (χ3v) is 14.5. The second kappa shape index (κ2) is 12.1. The second-order valence-electron chi connectivity index (χ2n) is 11.5. The molecule has 0 N–H and O–H groups in total. The van der Waals surface area contributed by atoms with Crippen LogP contribution < -0.4 is 0 Å². The summed E-state index contributed by atoms with van der Waals surface area (Å²) in [6.45, 7) is 4.73. The molecule has 1 fully saturated rings. The van der Waals surface area contributed by atoms with Gasteiger partial charge in [0.05, 0.1) is 0 Å². The van der Waals surface area contributed by atoms with Crippen LogP contribution in [0.2, 0.25) is 20.3 Å². The van der Waals surface area contributed by atoms with Crippen LogP contribution in [0.5, 0.6) is 0 Å². The van der Waals surface area contributed by atoms with E-state index in [4.69, 9.17) is 0 Å². The van der Waals surface area contributed by atoms with Crippen LogP contribution in [0.4, 0.5) is 0 Å². The van der Waals surface area contributed by atoms with Gasteiger partial charge in [-0.1, -0.05) is 24.9 Å². The van der Waals surface area contributed by atoms with Crippen molar-refractivity contribution >= 4 is 32.4 Å². The first kappa shape index (κ1) is 26.9. The van der Waals surface area contributed by atoms with Crippen molar-refractivity contribution in [2.24, 2.45) is 0 Å². The molecule has 0 bridgehead atoms. The maximum absolute atomic E-state index is 2.56. The Balaban J connectivity index is 0.000000500. The summed E-state index contributed by atoms with van der Waals surface area (Å²) in [5.74, 6) is 1.09. The summed E-state index contributed by atoms with van der Waals surface area (Å²) in [5, 5.41) is 2.76. The van der Waals surface area contributed by atoms with Gasteiger partial charge in [0.1, 0.15) is 0 Å². The van der Waals surface area contributed by atoms with Crippen molar-refractivity contribution in [2.45, 2.75) is 65.3 Å². The van der Waals surface area contributed by atoms with Gasteiger partial charge in [0.15, 0.2) is 0 Å². The number of rotatable bonds is 5. The average molecular weight is 604 g/mol. The van der Waals surface area contributed by atoms with Crippen molar-refractivity contribution in [3.63, 3.8) is 0 Å². The number of benzene rings is 4. The zero-order valence-electron chi connectivity index (χ0n) is 23.7. The third kappa shape index (κ3) is 5.16. The predicted molar refractivity (Wildman–Crippen MR) is 170 cm³/mol. The Morgan fingerprint density at radius 2 is 1.51 bits per heavy atom. The van der Waals surface area contributed by atoms with E-state index < -0.39 is 23.2 Å².